The minimum Gasteiger partial charge on any atom is -0.396 e. The molecule has 16 heavy (non-hydrogen) atoms. The van der Waals surface area contributed by atoms with E-state index in [1.165, 1.54) is 18.4 Å². The van der Waals surface area contributed by atoms with E-state index in [4.69, 9.17) is 5.11 Å². The summed E-state index contributed by atoms with van der Waals surface area (Å²) >= 11 is 0. The Morgan fingerprint density at radius 1 is 1.12 bits per heavy atom. The molecule has 0 amide bonds. The molecule has 0 aromatic carbocycles. The average molecular weight is 224 g/mol. The van der Waals surface area contributed by atoms with Gasteiger partial charge in [0.15, 0.2) is 0 Å². The van der Waals surface area contributed by atoms with Gasteiger partial charge in [-0.3, -0.25) is 0 Å². The van der Waals surface area contributed by atoms with Crippen LogP contribution in [0.1, 0.15) is 52.9 Å². The van der Waals surface area contributed by atoms with Crippen molar-refractivity contribution in [1.29, 1.82) is 0 Å². The molecule has 0 aliphatic rings. The van der Waals surface area contributed by atoms with Crippen LogP contribution in [0, 0.1) is 0 Å². The maximum Gasteiger partial charge on any atom is 0.0431 e. The van der Waals surface area contributed by atoms with Gasteiger partial charge in [0, 0.05) is 6.61 Å². The minimum absolute atomic E-state index is 0.315. The van der Waals surface area contributed by atoms with Crippen molar-refractivity contribution in [1.82, 2.24) is 0 Å². The first-order chi connectivity index (χ1) is 7.70. The molecule has 0 radical (unpaired) electrons. The molecule has 0 fully saturated rings. The first-order valence-corrected chi connectivity index (χ1v) is 6.30. The van der Waals surface area contributed by atoms with Crippen LogP contribution in [-0.4, -0.2) is 11.7 Å². The zero-order valence-corrected chi connectivity index (χ0v) is 11.3. The minimum atomic E-state index is 0.315. The molecule has 0 unspecified atom stereocenters. The molecule has 0 atom stereocenters. The normalized spacial score (nSPS) is 10.4. The Hall–Kier alpha value is -0.820. The largest absolute Gasteiger partial charge is 0.396 e. The van der Waals surface area contributed by atoms with E-state index in [-0.39, 0.29) is 0 Å². The number of aliphatic hydroxyl groups is 1. The summed E-state index contributed by atoms with van der Waals surface area (Å²) in [6, 6.07) is 0. The molecule has 0 saturated carbocycles. The van der Waals surface area contributed by atoms with Crippen molar-refractivity contribution in [3.8, 4) is 0 Å². The van der Waals surface area contributed by atoms with Gasteiger partial charge in [0.2, 0.25) is 0 Å². The highest BCUT2D eigenvalue weighted by Crippen LogP contribution is 2.12. The highest BCUT2D eigenvalue weighted by molar-refractivity contribution is 5.25. The van der Waals surface area contributed by atoms with Crippen molar-refractivity contribution in [2.24, 2.45) is 0 Å². The molecule has 0 aliphatic carbocycles. The van der Waals surface area contributed by atoms with E-state index in [2.05, 4.69) is 19.2 Å². The number of aliphatic hydroxyl groups excluding tert-OH is 1. The Kier molecular flexibility index (Phi) is 15.6. The molecule has 0 spiro atoms. The maximum atomic E-state index is 8.60. The third kappa shape index (κ3) is 13.2. The van der Waals surface area contributed by atoms with Crippen LogP contribution in [0.15, 0.2) is 36.5 Å². The summed E-state index contributed by atoms with van der Waals surface area (Å²) in [6.07, 6.45) is 9.45. The van der Waals surface area contributed by atoms with Gasteiger partial charge in [-0.25, -0.2) is 0 Å². The lowest BCUT2D eigenvalue weighted by molar-refractivity contribution is 0.282. The van der Waals surface area contributed by atoms with E-state index in [0.29, 0.717) is 6.61 Å². The molecule has 1 N–H and O–H groups in total. The summed E-state index contributed by atoms with van der Waals surface area (Å²) < 4.78 is 0. The van der Waals surface area contributed by atoms with Crippen LogP contribution in [0.5, 0.6) is 0 Å². The first-order valence-electron chi connectivity index (χ1n) is 6.30. The smallest absolute Gasteiger partial charge is 0.0431 e. The topological polar surface area (TPSA) is 20.2 Å². The Labute approximate surface area is 102 Å². The molecule has 1 nitrogen and oxygen atoms in total. The molecule has 0 rings (SSSR count). The van der Waals surface area contributed by atoms with Gasteiger partial charge in [0.05, 0.1) is 0 Å². The fourth-order valence-corrected chi connectivity index (χ4v) is 1.34. The third-order valence-electron chi connectivity index (χ3n) is 2.07. The van der Waals surface area contributed by atoms with Crippen LogP contribution in [-0.2, 0) is 0 Å². The number of rotatable bonds is 8. The molecular formula is C15H28O. The summed E-state index contributed by atoms with van der Waals surface area (Å²) in [4.78, 5) is 0. The molecule has 0 aromatic heterocycles. The van der Waals surface area contributed by atoms with E-state index >= 15 is 0 Å². The number of unbranched alkanes of at least 4 members (excludes halogenated alkanes) is 3. The Bertz CT molecular complexity index is 201. The van der Waals surface area contributed by atoms with E-state index in [0.717, 1.165) is 24.8 Å². The van der Waals surface area contributed by atoms with Crippen molar-refractivity contribution in [3.63, 3.8) is 0 Å². The van der Waals surface area contributed by atoms with Gasteiger partial charge >= 0.3 is 0 Å². The second-order valence-electron chi connectivity index (χ2n) is 3.66. The van der Waals surface area contributed by atoms with Gasteiger partial charge in [-0.05, 0) is 31.8 Å². The zero-order valence-electron chi connectivity index (χ0n) is 11.3. The Balaban J connectivity index is 0. The fraction of sp³-hybridized carbons (Fsp3) is 0.600. The van der Waals surface area contributed by atoms with E-state index in [1.54, 1.807) is 0 Å². The maximum absolute atomic E-state index is 8.60. The molecule has 0 aromatic rings. The SMILES string of the molecule is C=C/C(=C\C(=C)C)CCCCCCO.CC. The van der Waals surface area contributed by atoms with Gasteiger partial charge in [-0.1, -0.05) is 57.6 Å². The van der Waals surface area contributed by atoms with Crippen LogP contribution in [0.4, 0.5) is 0 Å². The molecule has 0 bridgehead atoms. The summed E-state index contributed by atoms with van der Waals surface area (Å²) in [5.41, 5.74) is 2.34. The Morgan fingerprint density at radius 2 is 1.69 bits per heavy atom. The van der Waals surface area contributed by atoms with Crippen molar-refractivity contribution in [2.45, 2.75) is 52.9 Å². The Morgan fingerprint density at radius 3 is 2.12 bits per heavy atom. The lowest BCUT2D eigenvalue weighted by Gasteiger charge is -2.02. The highest BCUT2D eigenvalue weighted by atomic mass is 16.2. The predicted octanol–water partition coefficient (Wildman–Crippen LogP) is 4.64. The van der Waals surface area contributed by atoms with E-state index < -0.39 is 0 Å². The standard InChI is InChI=1S/C13H22O.C2H6/c1-4-13(11-12(2)3)9-7-5-6-8-10-14;1-2/h4,11,14H,1-2,5-10H2,3H3;1-2H3/b13-11+;. The summed E-state index contributed by atoms with van der Waals surface area (Å²) in [6.45, 7) is 13.9. The lowest BCUT2D eigenvalue weighted by atomic mass is 10.0. The van der Waals surface area contributed by atoms with Crippen molar-refractivity contribution >= 4 is 0 Å². The van der Waals surface area contributed by atoms with Crippen molar-refractivity contribution in [3.05, 3.63) is 36.5 Å². The summed E-state index contributed by atoms with van der Waals surface area (Å²) in [5, 5.41) is 8.60. The molecule has 0 aliphatic heterocycles. The van der Waals surface area contributed by atoms with E-state index in [9.17, 15) is 0 Å². The van der Waals surface area contributed by atoms with Crippen LogP contribution in [0.2, 0.25) is 0 Å². The lowest BCUT2D eigenvalue weighted by Crippen LogP contribution is -1.85. The highest BCUT2D eigenvalue weighted by Gasteiger charge is 1.93. The van der Waals surface area contributed by atoms with Crippen LogP contribution < -0.4 is 0 Å². The summed E-state index contributed by atoms with van der Waals surface area (Å²) in [7, 11) is 0. The second kappa shape index (κ2) is 14.2. The molecular weight excluding hydrogens is 196 g/mol. The molecule has 94 valence electrons. The third-order valence-corrected chi connectivity index (χ3v) is 2.07. The first kappa shape index (κ1) is 17.6. The van der Waals surface area contributed by atoms with Gasteiger partial charge in [0.1, 0.15) is 0 Å². The number of hydrogen-bond acceptors (Lipinski definition) is 1. The van der Waals surface area contributed by atoms with Gasteiger partial charge in [0.25, 0.3) is 0 Å². The number of allylic oxidation sites excluding steroid dienone is 4. The number of hydrogen-bond donors (Lipinski definition) is 1. The van der Waals surface area contributed by atoms with Crippen LogP contribution >= 0.6 is 0 Å². The van der Waals surface area contributed by atoms with Gasteiger partial charge in [-0.15, -0.1) is 0 Å². The van der Waals surface area contributed by atoms with Crippen LogP contribution in [0.3, 0.4) is 0 Å². The van der Waals surface area contributed by atoms with Gasteiger partial charge < -0.3 is 5.11 Å². The zero-order chi connectivity index (χ0) is 12.8. The predicted molar refractivity (Wildman–Crippen MR) is 74.6 cm³/mol. The molecule has 1 heteroatoms. The van der Waals surface area contributed by atoms with E-state index in [1.807, 2.05) is 26.8 Å². The molecule has 0 saturated heterocycles. The molecule has 0 heterocycles. The van der Waals surface area contributed by atoms with Gasteiger partial charge in [-0.2, -0.15) is 0 Å². The van der Waals surface area contributed by atoms with Crippen molar-refractivity contribution in [2.75, 3.05) is 6.61 Å². The second-order valence-corrected chi connectivity index (χ2v) is 3.66. The van der Waals surface area contributed by atoms with Crippen LogP contribution in [0.25, 0.3) is 0 Å². The van der Waals surface area contributed by atoms with Crippen molar-refractivity contribution < 1.29 is 5.11 Å². The fourth-order valence-electron chi connectivity index (χ4n) is 1.34. The summed E-state index contributed by atoms with van der Waals surface area (Å²) in [5.74, 6) is 0. The average Bonchev–Trinajstić information content (AvgIpc) is 2.29. The quantitative estimate of drug-likeness (QED) is 0.470. The monoisotopic (exact) mass is 224 g/mol.